The van der Waals surface area contributed by atoms with Crippen LogP contribution in [-0.2, 0) is 4.79 Å². The van der Waals surface area contributed by atoms with E-state index in [4.69, 9.17) is 0 Å². The number of aromatic amines is 1. The molecule has 3 heteroatoms. The van der Waals surface area contributed by atoms with Crippen LogP contribution in [0, 0.1) is 11.8 Å². The van der Waals surface area contributed by atoms with Crippen LogP contribution in [0.25, 0.3) is 10.9 Å². The molecular formula is C14H14N2O. The zero-order valence-corrected chi connectivity index (χ0v) is 9.71. The lowest BCUT2D eigenvalue weighted by atomic mass is 10.1. The summed E-state index contributed by atoms with van der Waals surface area (Å²) >= 11 is 0. The van der Waals surface area contributed by atoms with E-state index in [0.29, 0.717) is 13.0 Å². The Morgan fingerprint density at radius 1 is 1.41 bits per heavy atom. The molecule has 0 aliphatic carbocycles. The van der Waals surface area contributed by atoms with Gasteiger partial charge in [0.15, 0.2) is 0 Å². The lowest BCUT2D eigenvalue weighted by Crippen LogP contribution is -2.20. The van der Waals surface area contributed by atoms with E-state index < -0.39 is 0 Å². The van der Waals surface area contributed by atoms with Crippen LogP contribution in [0.3, 0.4) is 0 Å². The van der Waals surface area contributed by atoms with Crippen molar-refractivity contribution in [2.24, 2.45) is 0 Å². The number of hydrogen-bond acceptors (Lipinski definition) is 1. The van der Waals surface area contributed by atoms with E-state index in [9.17, 15) is 4.79 Å². The highest BCUT2D eigenvalue weighted by Crippen LogP contribution is 2.13. The minimum atomic E-state index is -0.0143. The SMILES string of the molecule is CC(=O)NCCC#Cc1ccc2cc[nH]c2c1. The summed E-state index contributed by atoms with van der Waals surface area (Å²) in [5, 5.41) is 3.90. The molecule has 0 spiro atoms. The lowest BCUT2D eigenvalue weighted by Gasteiger charge is -1.95. The van der Waals surface area contributed by atoms with Gasteiger partial charge < -0.3 is 10.3 Å². The number of nitrogens with one attached hydrogen (secondary N) is 2. The Morgan fingerprint density at radius 3 is 3.12 bits per heavy atom. The molecule has 1 aromatic carbocycles. The Kier molecular flexibility index (Phi) is 3.46. The number of carbonyl (C=O) groups excluding carboxylic acids is 1. The third-order valence-corrected chi connectivity index (χ3v) is 2.41. The maximum absolute atomic E-state index is 10.6. The third kappa shape index (κ3) is 3.12. The van der Waals surface area contributed by atoms with Gasteiger partial charge >= 0.3 is 0 Å². The van der Waals surface area contributed by atoms with Crippen LogP contribution in [0.4, 0.5) is 0 Å². The van der Waals surface area contributed by atoms with Gasteiger partial charge in [0, 0.05) is 37.2 Å². The first-order chi connectivity index (χ1) is 8.25. The molecule has 17 heavy (non-hydrogen) atoms. The predicted molar refractivity (Wildman–Crippen MR) is 68.5 cm³/mol. The summed E-state index contributed by atoms with van der Waals surface area (Å²) in [7, 11) is 0. The van der Waals surface area contributed by atoms with Crippen molar-refractivity contribution in [3.8, 4) is 11.8 Å². The first kappa shape index (κ1) is 11.3. The average Bonchev–Trinajstić information content (AvgIpc) is 2.75. The van der Waals surface area contributed by atoms with Crippen LogP contribution in [0.2, 0.25) is 0 Å². The second kappa shape index (κ2) is 5.22. The summed E-state index contributed by atoms with van der Waals surface area (Å²) in [5.41, 5.74) is 2.08. The van der Waals surface area contributed by atoms with Crippen LogP contribution in [0.1, 0.15) is 18.9 Å². The average molecular weight is 226 g/mol. The van der Waals surface area contributed by atoms with E-state index in [2.05, 4.69) is 22.1 Å². The van der Waals surface area contributed by atoms with E-state index in [0.717, 1.165) is 11.1 Å². The molecule has 0 unspecified atom stereocenters. The van der Waals surface area contributed by atoms with Gasteiger partial charge in [-0.1, -0.05) is 17.9 Å². The smallest absolute Gasteiger partial charge is 0.216 e. The van der Waals surface area contributed by atoms with Crippen LogP contribution in [0.5, 0.6) is 0 Å². The molecule has 2 N–H and O–H groups in total. The highest BCUT2D eigenvalue weighted by Gasteiger charge is 1.94. The van der Waals surface area contributed by atoms with Gasteiger partial charge in [0.2, 0.25) is 5.91 Å². The maximum atomic E-state index is 10.6. The van der Waals surface area contributed by atoms with Gasteiger partial charge in [-0.2, -0.15) is 0 Å². The monoisotopic (exact) mass is 226 g/mol. The summed E-state index contributed by atoms with van der Waals surface area (Å²) < 4.78 is 0. The van der Waals surface area contributed by atoms with Gasteiger partial charge in [-0.3, -0.25) is 4.79 Å². The van der Waals surface area contributed by atoms with Crippen LogP contribution in [0.15, 0.2) is 30.5 Å². The van der Waals surface area contributed by atoms with Crippen molar-refractivity contribution in [2.75, 3.05) is 6.54 Å². The van der Waals surface area contributed by atoms with Gasteiger partial charge in [0.1, 0.15) is 0 Å². The van der Waals surface area contributed by atoms with Gasteiger partial charge in [0.05, 0.1) is 0 Å². The molecule has 0 fully saturated rings. The van der Waals surface area contributed by atoms with Gasteiger partial charge in [-0.05, 0) is 23.6 Å². The van der Waals surface area contributed by atoms with Crippen LogP contribution >= 0.6 is 0 Å². The molecule has 1 aromatic heterocycles. The highest BCUT2D eigenvalue weighted by atomic mass is 16.1. The van der Waals surface area contributed by atoms with E-state index in [-0.39, 0.29) is 5.91 Å². The number of fused-ring (bicyclic) bond motifs is 1. The van der Waals surface area contributed by atoms with E-state index in [1.165, 1.54) is 12.3 Å². The molecule has 1 amide bonds. The Bertz CT molecular complexity index is 587. The van der Waals surface area contributed by atoms with Crippen molar-refractivity contribution < 1.29 is 4.79 Å². The standard InChI is InChI=1S/C14H14N2O/c1-11(17)15-8-3-2-4-12-5-6-13-7-9-16-14(13)10-12/h5-7,9-10,16H,3,8H2,1H3,(H,15,17). The normalized spacial score (nSPS) is 9.71. The molecule has 0 aliphatic heterocycles. The van der Waals surface area contributed by atoms with Crippen molar-refractivity contribution in [1.82, 2.24) is 10.3 Å². The quantitative estimate of drug-likeness (QED) is 0.597. The van der Waals surface area contributed by atoms with Gasteiger partial charge in [-0.15, -0.1) is 0 Å². The molecule has 2 rings (SSSR count). The van der Waals surface area contributed by atoms with E-state index >= 15 is 0 Å². The molecule has 3 nitrogen and oxygen atoms in total. The molecule has 1 heterocycles. The zero-order chi connectivity index (χ0) is 12.1. The summed E-state index contributed by atoms with van der Waals surface area (Å²) in [6.07, 6.45) is 2.58. The lowest BCUT2D eigenvalue weighted by molar-refractivity contribution is -0.118. The van der Waals surface area contributed by atoms with E-state index in [1.54, 1.807) is 0 Å². The molecule has 86 valence electrons. The van der Waals surface area contributed by atoms with Gasteiger partial charge in [-0.25, -0.2) is 0 Å². The Balaban J connectivity index is 1.98. The van der Waals surface area contributed by atoms with Gasteiger partial charge in [0.25, 0.3) is 0 Å². The molecule has 0 radical (unpaired) electrons. The van der Waals surface area contributed by atoms with Crippen molar-refractivity contribution in [1.29, 1.82) is 0 Å². The Hall–Kier alpha value is -2.21. The Morgan fingerprint density at radius 2 is 2.29 bits per heavy atom. The first-order valence-corrected chi connectivity index (χ1v) is 5.56. The molecule has 2 aromatic rings. The molecular weight excluding hydrogens is 212 g/mol. The van der Waals surface area contributed by atoms with E-state index in [1.807, 2.05) is 30.5 Å². The second-order valence-electron chi connectivity index (χ2n) is 3.81. The fraction of sp³-hybridized carbons (Fsp3) is 0.214. The summed E-state index contributed by atoms with van der Waals surface area (Å²) in [6.45, 7) is 2.11. The fourth-order valence-electron chi connectivity index (χ4n) is 1.59. The highest BCUT2D eigenvalue weighted by molar-refractivity contribution is 5.80. The maximum Gasteiger partial charge on any atom is 0.216 e. The summed E-state index contributed by atoms with van der Waals surface area (Å²) in [5.74, 6) is 6.10. The molecule has 0 bridgehead atoms. The van der Waals surface area contributed by atoms with Crippen molar-refractivity contribution >= 4 is 16.8 Å². The van der Waals surface area contributed by atoms with Crippen LogP contribution < -0.4 is 5.32 Å². The number of H-pyrrole nitrogens is 1. The summed E-state index contributed by atoms with van der Waals surface area (Å²) in [6, 6.07) is 8.11. The number of rotatable bonds is 2. The molecule has 0 aliphatic rings. The minimum Gasteiger partial charge on any atom is -0.361 e. The number of carbonyl (C=O) groups is 1. The second-order valence-corrected chi connectivity index (χ2v) is 3.81. The topological polar surface area (TPSA) is 44.9 Å². The van der Waals surface area contributed by atoms with Crippen molar-refractivity contribution in [2.45, 2.75) is 13.3 Å². The van der Waals surface area contributed by atoms with Crippen molar-refractivity contribution in [3.63, 3.8) is 0 Å². The molecule has 0 saturated heterocycles. The summed E-state index contributed by atoms with van der Waals surface area (Å²) in [4.78, 5) is 13.8. The Labute approximate surface area is 100 Å². The number of amides is 1. The number of aromatic nitrogens is 1. The minimum absolute atomic E-state index is 0.0143. The van der Waals surface area contributed by atoms with Crippen molar-refractivity contribution in [3.05, 3.63) is 36.0 Å². The molecule has 0 saturated carbocycles. The molecule has 0 atom stereocenters. The largest absolute Gasteiger partial charge is 0.361 e. The number of benzene rings is 1. The zero-order valence-electron chi connectivity index (χ0n) is 9.71. The van der Waals surface area contributed by atoms with Crippen LogP contribution in [-0.4, -0.2) is 17.4 Å². The predicted octanol–water partition coefficient (Wildman–Crippen LogP) is 2.05. The fourth-order valence-corrected chi connectivity index (χ4v) is 1.59. The first-order valence-electron chi connectivity index (χ1n) is 5.56. The third-order valence-electron chi connectivity index (χ3n) is 2.41. The number of hydrogen-bond donors (Lipinski definition) is 2.